The van der Waals surface area contributed by atoms with Gasteiger partial charge in [-0.1, -0.05) is 0 Å². The van der Waals surface area contributed by atoms with E-state index in [-0.39, 0.29) is 18.2 Å². The number of Topliss-reactive ketones (excluding diaryl/α,β-unsaturated/α-hetero) is 1. The molecule has 0 aliphatic carbocycles. The highest BCUT2D eigenvalue weighted by Crippen LogP contribution is 2.25. The van der Waals surface area contributed by atoms with Crippen LogP contribution in [-0.2, 0) is 4.74 Å². The Bertz CT molecular complexity index is 618. The van der Waals surface area contributed by atoms with Gasteiger partial charge in [0, 0.05) is 5.56 Å². The molecule has 5 nitrogen and oxygen atoms in total. The van der Waals surface area contributed by atoms with Gasteiger partial charge in [-0.15, -0.1) is 0 Å². The van der Waals surface area contributed by atoms with Crippen LogP contribution in [-0.4, -0.2) is 25.5 Å². The first-order chi connectivity index (χ1) is 9.61. The van der Waals surface area contributed by atoms with Gasteiger partial charge in [-0.3, -0.25) is 4.79 Å². The lowest BCUT2D eigenvalue weighted by Crippen LogP contribution is -2.13. The lowest BCUT2D eigenvalue weighted by Gasteiger charge is -2.06. The first-order valence-corrected chi connectivity index (χ1v) is 6.48. The largest absolute Gasteiger partial charge is 0.496 e. The molecule has 0 saturated heterocycles. The Labute approximate surface area is 123 Å². The molecule has 0 spiro atoms. The van der Waals surface area contributed by atoms with Crippen molar-refractivity contribution in [2.75, 3.05) is 13.7 Å². The molecule has 0 unspecified atom stereocenters. The summed E-state index contributed by atoms with van der Waals surface area (Å²) >= 11 is 3.29. The smallest absolute Gasteiger partial charge is 0.374 e. The Balaban J connectivity index is 1.98. The predicted molar refractivity (Wildman–Crippen MR) is 74.0 cm³/mol. The van der Waals surface area contributed by atoms with Crippen LogP contribution < -0.4 is 4.74 Å². The highest BCUT2D eigenvalue weighted by molar-refractivity contribution is 9.10. The van der Waals surface area contributed by atoms with Gasteiger partial charge in [0.25, 0.3) is 0 Å². The summed E-state index contributed by atoms with van der Waals surface area (Å²) in [6, 6.07) is 7.91. The van der Waals surface area contributed by atoms with E-state index in [2.05, 4.69) is 15.9 Å². The van der Waals surface area contributed by atoms with E-state index in [4.69, 9.17) is 13.9 Å². The minimum absolute atomic E-state index is 0.0636. The van der Waals surface area contributed by atoms with Crippen LogP contribution in [0.3, 0.4) is 0 Å². The van der Waals surface area contributed by atoms with Gasteiger partial charge in [0.2, 0.25) is 5.76 Å². The number of hydrogen-bond acceptors (Lipinski definition) is 5. The Kier molecular flexibility index (Phi) is 4.57. The van der Waals surface area contributed by atoms with Crippen LogP contribution in [0, 0.1) is 0 Å². The van der Waals surface area contributed by atoms with E-state index < -0.39 is 5.97 Å². The maximum Gasteiger partial charge on any atom is 0.374 e. The molecule has 0 atom stereocenters. The van der Waals surface area contributed by atoms with Crippen molar-refractivity contribution in [3.8, 4) is 5.75 Å². The maximum absolute atomic E-state index is 11.9. The van der Waals surface area contributed by atoms with Crippen molar-refractivity contribution in [1.29, 1.82) is 0 Å². The van der Waals surface area contributed by atoms with E-state index in [0.717, 1.165) is 0 Å². The summed E-state index contributed by atoms with van der Waals surface area (Å²) in [5, 5.41) is 0. The van der Waals surface area contributed by atoms with Gasteiger partial charge in [-0.2, -0.15) is 0 Å². The van der Waals surface area contributed by atoms with E-state index in [1.165, 1.54) is 19.4 Å². The fourth-order valence-electron chi connectivity index (χ4n) is 1.52. The average Bonchev–Trinajstić information content (AvgIpc) is 2.98. The zero-order valence-corrected chi connectivity index (χ0v) is 12.2. The summed E-state index contributed by atoms with van der Waals surface area (Å²) in [7, 11) is 1.53. The number of ether oxygens (including phenoxy) is 2. The van der Waals surface area contributed by atoms with Gasteiger partial charge in [-0.05, 0) is 46.3 Å². The number of carbonyl (C=O) groups excluding carboxylic acids is 2. The number of furan rings is 1. The molecule has 1 heterocycles. The third-order valence-corrected chi connectivity index (χ3v) is 3.15. The van der Waals surface area contributed by atoms with Crippen molar-refractivity contribution >= 4 is 27.7 Å². The monoisotopic (exact) mass is 338 g/mol. The average molecular weight is 339 g/mol. The molecule has 0 saturated carbocycles. The second kappa shape index (κ2) is 6.38. The molecule has 6 heteroatoms. The standard InChI is InChI=1S/C14H11BrO5/c1-18-12-5-4-9(7-10(12)15)11(16)8-20-14(17)13-3-2-6-19-13/h2-7H,8H2,1H3. The summed E-state index contributed by atoms with van der Waals surface area (Å²) in [6.07, 6.45) is 1.36. The molecule has 1 aromatic carbocycles. The van der Waals surface area contributed by atoms with Crippen molar-refractivity contribution in [1.82, 2.24) is 0 Å². The molecule has 1 aromatic heterocycles. The van der Waals surface area contributed by atoms with Crippen LogP contribution in [0.25, 0.3) is 0 Å². The predicted octanol–water partition coefficient (Wildman–Crippen LogP) is 3.09. The molecule has 0 radical (unpaired) electrons. The summed E-state index contributed by atoms with van der Waals surface area (Å²) < 4.78 is 15.5. The lowest BCUT2D eigenvalue weighted by molar-refractivity contribution is 0.0444. The maximum atomic E-state index is 11.9. The molecule has 104 valence electrons. The third kappa shape index (κ3) is 3.27. The second-order valence-electron chi connectivity index (χ2n) is 3.83. The van der Waals surface area contributed by atoms with Gasteiger partial charge < -0.3 is 13.9 Å². The first-order valence-electron chi connectivity index (χ1n) is 5.69. The van der Waals surface area contributed by atoms with Gasteiger partial charge in [-0.25, -0.2) is 4.79 Å². The van der Waals surface area contributed by atoms with Crippen LogP contribution in [0.2, 0.25) is 0 Å². The van der Waals surface area contributed by atoms with Crippen LogP contribution in [0.4, 0.5) is 0 Å². The van der Waals surface area contributed by atoms with Crippen molar-refractivity contribution in [3.63, 3.8) is 0 Å². The van der Waals surface area contributed by atoms with Crippen LogP contribution in [0.15, 0.2) is 45.5 Å². The molecule has 0 amide bonds. The van der Waals surface area contributed by atoms with Crippen LogP contribution in [0.5, 0.6) is 5.75 Å². The van der Waals surface area contributed by atoms with E-state index in [1.807, 2.05) is 0 Å². The van der Waals surface area contributed by atoms with Gasteiger partial charge in [0.1, 0.15) is 5.75 Å². The first kappa shape index (κ1) is 14.3. The molecule has 0 aliphatic rings. The van der Waals surface area contributed by atoms with E-state index in [0.29, 0.717) is 15.8 Å². The number of hydrogen-bond donors (Lipinski definition) is 0. The molecular weight excluding hydrogens is 328 g/mol. The van der Waals surface area contributed by atoms with Crippen molar-refractivity contribution in [2.24, 2.45) is 0 Å². The molecule has 0 N–H and O–H groups in total. The highest BCUT2D eigenvalue weighted by atomic mass is 79.9. The number of esters is 1. The fourth-order valence-corrected chi connectivity index (χ4v) is 2.06. The summed E-state index contributed by atoms with van der Waals surface area (Å²) in [5.41, 5.74) is 0.421. The summed E-state index contributed by atoms with van der Waals surface area (Å²) in [6.45, 7) is -0.349. The summed E-state index contributed by atoms with van der Waals surface area (Å²) in [4.78, 5) is 23.4. The fraction of sp³-hybridized carbons (Fsp3) is 0.143. The van der Waals surface area contributed by atoms with E-state index in [1.54, 1.807) is 24.3 Å². The molecular formula is C14H11BrO5. The van der Waals surface area contributed by atoms with Crippen molar-refractivity contribution in [2.45, 2.75) is 0 Å². The minimum Gasteiger partial charge on any atom is -0.496 e. The number of methoxy groups -OCH3 is 1. The Morgan fingerprint density at radius 3 is 2.70 bits per heavy atom. The summed E-state index contributed by atoms with van der Waals surface area (Å²) in [5.74, 6) is -0.299. The van der Waals surface area contributed by atoms with E-state index in [9.17, 15) is 9.59 Å². The van der Waals surface area contributed by atoms with Gasteiger partial charge in [0.05, 0.1) is 17.8 Å². The third-order valence-electron chi connectivity index (χ3n) is 2.53. The zero-order valence-electron chi connectivity index (χ0n) is 10.6. The number of carbonyl (C=O) groups is 2. The number of halogens is 1. The number of ketones is 1. The quantitative estimate of drug-likeness (QED) is 0.619. The topological polar surface area (TPSA) is 65.7 Å². The van der Waals surface area contributed by atoms with Gasteiger partial charge in [0.15, 0.2) is 12.4 Å². The van der Waals surface area contributed by atoms with Crippen molar-refractivity contribution in [3.05, 3.63) is 52.4 Å². The lowest BCUT2D eigenvalue weighted by atomic mass is 10.1. The molecule has 20 heavy (non-hydrogen) atoms. The number of benzene rings is 1. The highest BCUT2D eigenvalue weighted by Gasteiger charge is 2.14. The molecule has 0 aliphatic heterocycles. The molecule has 2 rings (SSSR count). The normalized spacial score (nSPS) is 10.1. The molecule has 2 aromatic rings. The Hall–Kier alpha value is -2.08. The Morgan fingerprint density at radius 2 is 2.10 bits per heavy atom. The second-order valence-corrected chi connectivity index (χ2v) is 4.68. The van der Waals surface area contributed by atoms with E-state index >= 15 is 0 Å². The van der Waals surface area contributed by atoms with Gasteiger partial charge >= 0.3 is 5.97 Å². The Morgan fingerprint density at radius 1 is 1.30 bits per heavy atom. The molecule has 0 bridgehead atoms. The molecule has 0 fully saturated rings. The SMILES string of the molecule is COc1ccc(C(=O)COC(=O)c2ccco2)cc1Br. The number of rotatable bonds is 5. The van der Waals surface area contributed by atoms with Crippen LogP contribution >= 0.6 is 15.9 Å². The zero-order chi connectivity index (χ0) is 14.5. The van der Waals surface area contributed by atoms with Crippen LogP contribution in [0.1, 0.15) is 20.9 Å². The minimum atomic E-state index is -0.670. The van der Waals surface area contributed by atoms with Crippen molar-refractivity contribution < 1.29 is 23.5 Å².